The Hall–Kier alpha value is -1.95. The molecule has 3 nitrogen and oxygen atoms in total. The lowest BCUT2D eigenvalue weighted by Crippen LogP contribution is -2.25. The third kappa shape index (κ3) is 3.82. The zero-order valence-corrected chi connectivity index (χ0v) is 13.2. The topological polar surface area (TPSA) is 31.2 Å². The van der Waals surface area contributed by atoms with Crippen LogP contribution in [0.2, 0.25) is 0 Å². The molecule has 2 rings (SSSR count). The molecule has 0 fully saturated rings. The summed E-state index contributed by atoms with van der Waals surface area (Å²) in [6, 6.07) is 10.1. The highest BCUT2D eigenvalue weighted by Crippen LogP contribution is 2.23. The first-order chi connectivity index (χ1) is 10.5. The largest absolute Gasteiger partial charge is 0.490 e. The van der Waals surface area contributed by atoms with Gasteiger partial charge in [-0.1, -0.05) is 12.7 Å². The lowest BCUT2D eigenvalue weighted by molar-refractivity contribution is 0.126. The number of hydrogen-bond acceptors (Lipinski definition) is 2. The maximum Gasteiger partial charge on any atom is 0.265 e. The van der Waals surface area contributed by atoms with Crippen LogP contribution < -0.4 is 10.3 Å². The van der Waals surface area contributed by atoms with Gasteiger partial charge < -0.3 is 9.30 Å². The molecule has 0 amide bonds. The van der Waals surface area contributed by atoms with Crippen molar-refractivity contribution in [1.29, 1.82) is 0 Å². The number of rotatable bonds is 6. The highest BCUT2D eigenvalue weighted by atomic mass is 79.9. The molecule has 0 aliphatic heterocycles. The normalized spacial score (nSPS) is 10.7. The summed E-state index contributed by atoms with van der Waals surface area (Å²) in [7, 11) is 0. The number of ether oxygens (including phenoxy) is 1. The molecule has 1 aromatic carbocycles. The molecule has 0 unspecified atom stereocenters. The highest BCUT2D eigenvalue weighted by molar-refractivity contribution is 9.10. The number of benzene rings is 1. The minimum Gasteiger partial charge on any atom is -0.490 e. The van der Waals surface area contributed by atoms with Crippen molar-refractivity contribution in [2.75, 3.05) is 6.61 Å². The molecule has 0 aliphatic carbocycles. The second kappa shape index (κ2) is 7.35. The standard InChI is InChI=1S/C16H14BrF2NO2/c1-2-9-22-12-5-3-11(4-6-12)14-8-7-13(17)16(21)20(14)10-15(18)19/h2-8,15H,1,9-10H2. The summed E-state index contributed by atoms with van der Waals surface area (Å²) in [4.78, 5) is 12.1. The Balaban J connectivity index is 2.41. The van der Waals surface area contributed by atoms with E-state index in [-0.39, 0.29) is 4.47 Å². The van der Waals surface area contributed by atoms with Crippen molar-refractivity contribution in [2.24, 2.45) is 0 Å². The number of alkyl halides is 2. The summed E-state index contributed by atoms with van der Waals surface area (Å²) >= 11 is 3.08. The Kier molecular flexibility index (Phi) is 5.49. The van der Waals surface area contributed by atoms with Crippen molar-refractivity contribution in [1.82, 2.24) is 4.57 Å². The number of pyridine rings is 1. The van der Waals surface area contributed by atoms with E-state index in [0.29, 0.717) is 23.6 Å². The molecule has 22 heavy (non-hydrogen) atoms. The van der Waals surface area contributed by atoms with Gasteiger partial charge >= 0.3 is 0 Å². The van der Waals surface area contributed by atoms with Crippen molar-refractivity contribution in [3.63, 3.8) is 0 Å². The second-order valence-electron chi connectivity index (χ2n) is 4.50. The molecule has 6 heteroatoms. The lowest BCUT2D eigenvalue weighted by Gasteiger charge is -2.13. The summed E-state index contributed by atoms with van der Waals surface area (Å²) < 4.78 is 32.1. The van der Waals surface area contributed by atoms with Gasteiger partial charge in [-0.3, -0.25) is 4.79 Å². The van der Waals surface area contributed by atoms with Crippen LogP contribution in [0.15, 0.2) is 58.3 Å². The van der Waals surface area contributed by atoms with E-state index in [9.17, 15) is 13.6 Å². The Bertz CT molecular complexity index is 711. The molecule has 1 aromatic heterocycles. The quantitative estimate of drug-likeness (QED) is 0.717. The first-order valence-corrected chi connectivity index (χ1v) is 7.34. The molecule has 0 spiro atoms. The van der Waals surface area contributed by atoms with Crippen LogP contribution in [0, 0.1) is 0 Å². The minimum absolute atomic E-state index is 0.253. The predicted molar refractivity (Wildman–Crippen MR) is 85.5 cm³/mol. The molecule has 0 radical (unpaired) electrons. The van der Waals surface area contributed by atoms with E-state index in [0.717, 1.165) is 4.57 Å². The van der Waals surface area contributed by atoms with E-state index >= 15 is 0 Å². The van der Waals surface area contributed by atoms with Crippen LogP contribution >= 0.6 is 15.9 Å². The third-order valence-corrected chi connectivity index (χ3v) is 3.57. The second-order valence-corrected chi connectivity index (χ2v) is 5.35. The van der Waals surface area contributed by atoms with Crippen LogP contribution in [0.1, 0.15) is 0 Å². The first-order valence-electron chi connectivity index (χ1n) is 6.54. The minimum atomic E-state index is -2.61. The molecule has 1 heterocycles. The highest BCUT2D eigenvalue weighted by Gasteiger charge is 2.13. The molecule has 0 bridgehead atoms. The molecule has 0 saturated carbocycles. The smallest absolute Gasteiger partial charge is 0.265 e. The van der Waals surface area contributed by atoms with E-state index < -0.39 is 18.5 Å². The van der Waals surface area contributed by atoms with E-state index in [4.69, 9.17) is 4.74 Å². The van der Waals surface area contributed by atoms with E-state index in [2.05, 4.69) is 22.5 Å². The first kappa shape index (κ1) is 16.4. The molecule has 0 saturated heterocycles. The fourth-order valence-corrected chi connectivity index (χ4v) is 2.35. The lowest BCUT2D eigenvalue weighted by atomic mass is 10.1. The fraction of sp³-hybridized carbons (Fsp3) is 0.188. The molecule has 0 atom stereocenters. The van der Waals surface area contributed by atoms with Gasteiger partial charge in [0.25, 0.3) is 12.0 Å². The number of aromatic nitrogens is 1. The Morgan fingerprint density at radius 1 is 1.23 bits per heavy atom. The SMILES string of the molecule is C=CCOc1ccc(-c2ccc(Br)c(=O)n2CC(F)F)cc1. The van der Waals surface area contributed by atoms with Gasteiger partial charge in [0.2, 0.25) is 0 Å². The number of hydrogen-bond donors (Lipinski definition) is 0. The van der Waals surface area contributed by atoms with Crippen LogP contribution in [0.4, 0.5) is 8.78 Å². The van der Waals surface area contributed by atoms with Gasteiger partial charge in [0, 0.05) is 0 Å². The number of halogens is 3. The summed E-state index contributed by atoms with van der Waals surface area (Å²) in [5, 5.41) is 0. The molecule has 0 aliphatic rings. The van der Waals surface area contributed by atoms with Gasteiger partial charge in [-0.05, 0) is 57.9 Å². The molecule has 116 valence electrons. The van der Waals surface area contributed by atoms with Gasteiger partial charge in [0.05, 0.1) is 16.7 Å². The molecular formula is C16H14BrF2NO2. The molecule has 2 aromatic rings. The zero-order valence-electron chi connectivity index (χ0n) is 11.6. The predicted octanol–water partition coefficient (Wildman–Crippen LogP) is 4.11. The van der Waals surface area contributed by atoms with Crippen LogP contribution in [-0.2, 0) is 6.54 Å². The summed E-state index contributed by atoms with van der Waals surface area (Å²) in [6.45, 7) is 3.29. The van der Waals surface area contributed by atoms with Crippen molar-refractivity contribution in [3.8, 4) is 17.0 Å². The average Bonchev–Trinajstić information content (AvgIpc) is 2.50. The van der Waals surface area contributed by atoms with Gasteiger partial charge in [-0.15, -0.1) is 0 Å². The fourth-order valence-electron chi connectivity index (χ4n) is 2.00. The van der Waals surface area contributed by atoms with Crippen molar-refractivity contribution >= 4 is 15.9 Å². The summed E-state index contributed by atoms with van der Waals surface area (Å²) in [6.07, 6.45) is -0.982. The Morgan fingerprint density at radius 2 is 1.91 bits per heavy atom. The monoisotopic (exact) mass is 369 g/mol. The van der Waals surface area contributed by atoms with E-state index in [1.807, 2.05) is 0 Å². The van der Waals surface area contributed by atoms with Gasteiger partial charge in [0.1, 0.15) is 12.4 Å². The van der Waals surface area contributed by atoms with Crippen LogP contribution in [0.25, 0.3) is 11.3 Å². The van der Waals surface area contributed by atoms with Crippen LogP contribution in [0.5, 0.6) is 5.75 Å². The number of nitrogens with zero attached hydrogens (tertiary/aromatic N) is 1. The maximum atomic E-state index is 12.7. The average molecular weight is 370 g/mol. The summed E-state index contributed by atoms with van der Waals surface area (Å²) in [5.41, 5.74) is 0.616. The third-order valence-electron chi connectivity index (χ3n) is 2.97. The van der Waals surface area contributed by atoms with E-state index in [1.54, 1.807) is 42.5 Å². The van der Waals surface area contributed by atoms with Crippen molar-refractivity contribution in [3.05, 3.63) is 63.9 Å². The van der Waals surface area contributed by atoms with Gasteiger partial charge in [-0.2, -0.15) is 0 Å². The van der Waals surface area contributed by atoms with Crippen molar-refractivity contribution in [2.45, 2.75) is 13.0 Å². The molecular weight excluding hydrogens is 356 g/mol. The van der Waals surface area contributed by atoms with Crippen LogP contribution in [0.3, 0.4) is 0 Å². The maximum absolute atomic E-state index is 12.7. The van der Waals surface area contributed by atoms with Gasteiger partial charge in [-0.25, -0.2) is 8.78 Å². The van der Waals surface area contributed by atoms with Gasteiger partial charge in [0.15, 0.2) is 0 Å². The summed E-state index contributed by atoms with van der Waals surface area (Å²) in [5.74, 6) is 0.642. The molecule has 0 N–H and O–H groups in total. The Labute approximate surface area is 135 Å². The Morgan fingerprint density at radius 3 is 2.50 bits per heavy atom. The van der Waals surface area contributed by atoms with Crippen molar-refractivity contribution < 1.29 is 13.5 Å². The van der Waals surface area contributed by atoms with E-state index in [1.165, 1.54) is 0 Å². The van der Waals surface area contributed by atoms with Crippen LogP contribution in [-0.4, -0.2) is 17.6 Å². The zero-order chi connectivity index (χ0) is 16.1.